The molecular weight excluding hydrogens is 314 g/mol. The van der Waals surface area contributed by atoms with Crippen molar-refractivity contribution in [2.24, 2.45) is 0 Å². The van der Waals surface area contributed by atoms with Gasteiger partial charge in [0.15, 0.2) is 0 Å². The van der Waals surface area contributed by atoms with Crippen molar-refractivity contribution in [3.05, 3.63) is 34.7 Å². The van der Waals surface area contributed by atoms with Crippen LogP contribution in [0.15, 0.2) is 6.07 Å². The van der Waals surface area contributed by atoms with Crippen LogP contribution in [0.5, 0.6) is 0 Å². The van der Waals surface area contributed by atoms with Gasteiger partial charge in [0.1, 0.15) is 11.6 Å². The average molecular weight is 343 g/mol. The Morgan fingerprint density at radius 3 is 2.52 bits per heavy atom. The van der Waals surface area contributed by atoms with Crippen molar-refractivity contribution in [2.75, 3.05) is 13.1 Å². The monoisotopic (exact) mass is 343 g/mol. The summed E-state index contributed by atoms with van der Waals surface area (Å²) in [6.45, 7) is 13.8. The molecule has 25 heavy (non-hydrogen) atoms. The van der Waals surface area contributed by atoms with E-state index in [2.05, 4.69) is 35.4 Å². The van der Waals surface area contributed by atoms with Crippen LogP contribution in [0.25, 0.3) is 0 Å². The van der Waals surface area contributed by atoms with Gasteiger partial charge in [-0.3, -0.25) is 4.79 Å². The first-order valence-corrected chi connectivity index (χ1v) is 9.17. The Morgan fingerprint density at radius 2 is 1.96 bits per heavy atom. The summed E-state index contributed by atoms with van der Waals surface area (Å²) in [5.74, 6) is 1.86. The Hall–Kier alpha value is -2.11. The third kappa shape index (κ3) is 3.22. The van der Waals surface area contributed by atoms with Crippen LogP contribution in [0.2, 0.25) is 0 Å². The summed E-state index contributed by atoms with van der Waals surface area (Å²) < 4.78 is 4.23. The lowest BCUT2D eigenvalue weighted by molar-refractivity contribution is 0.0670. The van der Waals surface area contributed by atoms with Gasteiger partial charge in [0.25, 0.3) is 5.91 Å². The summed E-state index contributed by atoms with van der Waals surface area (Å²) in [7, 11) is 0. The van der Waals surface area contributed by atoms with E-state index >= 15 is 0 Å². The zero-order valence-corrected chi connectivity index (χ0v) is 16.2. The summed E-state index contributed by atoms with van der Waals surface area (Å²) in [5.41, 5.74) is 3.04. The lowest BCUT2D eigenvalue weighted by Gasteiger charge is -2.33. The van der Waals surface area contributed by atoms with E-state index in [0.717, 1.165) is 48.0 Å². The Kier molecular flexibility index (Phi) is 4.71. The fraction of sp³-hybridized carbons (Fsp3) is 0.632. The van der Waals surface area contributed by atoms with E-state index in [1.165, 1.54) is 0 Å². The number of carbonyl (C=O) groups excluding carboxylic acids is 1. The molecule has 1 atom stereocenters. The van der Waals surface area contributed by atoms with Gasteiger partial charge in [-0.05, 0) is 60.5 Å². The van der Waals surface area contributed by atoms with Crippen molar-refractivity contribution in [2.45, 2.75) is 66.5 Å². The van der Waals surface area contributed by atoms with Gasteiger partial charge in [0, 0.05) is 30.5 Å². The van der Waals surface area contributed by atoms with Crippen LogP contribution >= 0.6 is 0 Å². The Balaban J connectivity index is 1.83. The van der Waals surface area contributed by atoms with Crippen LogP contribution in [0.3, 0.4) is 0 Å². The maximum atomic E-state index is 13.1. The second-order valence-electron chi connectivity index (χ2n) is 7.45. The molecule has 0 radical (unpaired) electrons. The molecule has 1 aliphatic rings. The molecule has 1 saturated heterocycles. The first-order valence-electron chi connectivity index (χ1n) is 9.17. The Labute approximate surface area is 149 Å². The van der Waals surface area contributed by atoms with Gasteiger partial charge < -0.3 is 9.47 Å². The number of amides is 1. The first-order chi connectivity index (χ1) is 11.8. The van der Waals surface area contributed by atoms with Crippen LogP contribution in [-0.2, 0) is 0 Å². The molecule has 1 fully saturated rings. The van der Waals surface area contributed by atoms with Crippen molar-refractivity contribution in [3.63, 3.8) is 0 Å². The van der Waals surface area contributed by atoms with Crippen LogP contribution in [0.1, 0.15) is 72.2 Å². The SMILES string of the molecule is Cc1nc(C)n(C2CCCN(C(=O)c3cc(C)n(C(C)C)c3C)C2)n1. The first kappa shape index (κ1) is 17.7. The summed E-state index contributed by atoms with van der Waals surface area (Å²) in [5, 5.41) is 4.52. The predicted molar refractivity (Wildman–Crippen MR) is 98.0 cm³/mol. The maximum absolute atomic E-state index is 13.1. The molecule has 3 rings (SSSR count). The molecule has 1 amide bonds. The highest BCUT2D eigenvalue weighted by molar-refractivity contribution is 5.95. The number of piperidine rings is 1. The zero-order valence-electron chi connectivity index (χ0n) is 16.2. The highest BCUT2D eigenvalue weighted by Gasteiger charge is 2.29. The molecule has 0 aromatic carbocycles. The minimum Gasteiger partial charge on any atom is -0.346 e. The second-order valence-corrected chi connectivity index (χ2v) is 7.45. The normalized spacial score (nSPS) is 18.2. The summed E-state index contributed by atoms with van der Waals surface area (Å²) in [6.07, 6.45) is 2.04. The second kappa shape index (κ2) is 6.65. The van der Waals surface area contributed by atoms with E-state index in [4.69, 9.17) is 0 Å². The molecule has 3 heterocycles. The van der Waals surface area contributed by atoms with Gasteiger partial charge in [0.05, 0.1) is 11.6 Å². The van der Waals surface area contributed by atoms with Crippen molar-refractivity contribution >= 4 is 5.91 Å². The number of aryl methyl sites for hydroxylation is 3. The molecule has 2 aromatic rings. The maximum Gasteiger partial charge on any atom is 0.255 e. The Bertz CT molecular complexity index is 786. The van der Waals surface area contributed by atoms with E-state index in [1.807, 2.05) is 36.4 Å². The number of rotatable bonds is 3. The lowest BCUT2D eigenvalue weighted by Crippen LogP contribution is -2.41. The standard InChI is InChI=1S/C19H29N5O/c1-12(2)23-13(3)10-18(14(23)4)19(25)22-9-7-8-17(11-22)24-16(6)20-15(5)21-24/h10,12,17H,7-9,11H2,1-6H3. The zero-order chi connectivity index (χ0) is 18.3. The third-order valence-corrected chi connectivity index (χ3v) is 5.17. The lowest BCUT2D eigenvalue weighted by atomic mass is 10.0. The topological polar surface area (TPSA) is 56.0 Å². The average Bonchev–Trinajstić information content (AvgIpc) is 3.05. The molecule has 0 saturated carbocycles. The van der Waals surface area contributed by atoms with Crippen molar-refractivity contribution in [3.8, 4) is 0 Å². The fourth-order valence-electron chi connectivity index (χ4n) is 4.18. The van der Waals surface area contributed by atoms with Gasteiger partial charge >= 0.3 is 0 Å². The molecule has 1 unspecified atom stereocenters. The van der Waals surface area contributed by atoms with E-state index in [-0.39, 0.29) is 11.9 Å². The van der Waals surface area contributed by atoms with Gasteiger partial charge in [-0.1, -0.05) is 0 Å². The number of hydrogen-bond acceptors (Lipinski definition) is 3. The quantitative estimate of drug-likeness (QED) is 0.858. The number of nitrogens with zero attached hydrogens (tertiary/aromatic N) is 5. The summed E-state index contributed by atoms with van der Waals surface area (Å²) in [4.78, 5) is 19.5. The number of aromatic nitrogens is 4. The van der Waals surface area contributed by atoms with Crippen LogP contribution in [-0.4, -0.2) is 43.2 Å². The molecule has 2 aromatic heterocycles. The molecule has 6 nitrogen and oxygen atoms in total. The predicted octanol–water partition coefficient (Wildman–Crippen LogP) is 3.37. The van der Waals surface area contributed by atoms with Crippen LogP contribution < -0.4 is 0 Å². The fourth-order valence-corrected chi connectivity index (χ4v) is 4.18. The highest BCUT2D eigenvalue weighted by Crippen LogP contribution is 2.26. The minimum atomic E-state index is 0.138. The highest BCUT2D eigenvalue weighted by atomic mass is 16.2. The Morgan fingerprint density at radius 1 is 1.24 bits per heavy atom. The van der Waals surface area contributed by atoms with E-state index in [1.54, 1.807) is 0 Å². The summed E-state index contributed by atoms with van der Waals surface area (Å²) in [6, 6.07) is 2.61. The van der Waals surface area contributed by atoms with Crippen molar-refractivity contribution < 1.29 is 4.79 Å². The molecule has 0 N–H and O–H groups in total. The molecule has 0 spiro atoms. The van der Waals surface area contributed by atoms with E-state index < -0.39 is 0 Å². The van der Waals surface area contributed by atoms with Crippen molar-refractivity contribution in [1.82, 2.24) is 24.2 Å². The molecule has 1 aliphatic heterocycles. The van der Waals surface area contributed by atoms with Gasteiger partial charge in [0.2, 0.25) is 0 Å². The third-order valence-electron chi connectivity index (χ3n) is 5.17. The smallest absolute Gasteiger partial charge is 0.255 e. The van der Waals surface area contributed by atoms with E-state index in [9.17, 15) is 4.79 Å². The van der Waals surface area contributed by atoms with Gasteiger partial charge in [-0.2, -0.15) is 5.10 Å². The van der Waals surface area contributed by atoms with Gasteiger partial charge in [-0.25, -0.2) is 9.67 Å². The number of hydrogen-bond donors (Lipinski definition) is 0. The molecule has 136 valence electrons. The molecule has 0 aliphatic carbocycles. The molecule has 0 bridgehead atoms. The van der Waals surface area contributed by atoms with E-state index in [0.29, 0.717) is 12.6 Å². The molecule has 6 heteroatoms. The largest absolute Gasteiger partial charge is 0.346 e. The summed E-state index contributed by atoms with van der Waals surface area (Å²) >= 11 is 0. The van der Waals surface area contributed by atoms with Crippen LogP contribution in [0, 0.1) is 27.7 Å². The van der Waals surface area contributed by atoms with Gasteiger partial charge in [-0.15, -0.1) is 0 Å². The molecular formula is C19H29N5O. The number of carbonyl (C=O) groups is 1. The minimum absolute atomic E-state index is 0.138. The van der Waals surface area contributed by atoms with Crippen LogP contribution in [0.4, 0.5) is 0 Å². The number of likely N-dealkylation sites (tertiary alicyclic amines) is 1. The van der Waals surface area contributed by atoms with Crippen molar-refractivity contribution in [1.29, 1.82) is 0 Å².